The summed E-state index contributed by atoms with van der Waals surface area (Å²) >= 11 is 0. The Bertz CT molecular complexity index is 1040. The number of aromatic nitrogens is 1. The Hall–Kier alpha value is -2.13. The second-order valence-corrected chi connectivity index (χ2v) is 12.5. The van der Waals surface area contributed by atoms with Crippen LogP contribution in [0.2, 0.25) is 0 Å². The van der Waals surface area contributed by atoms with Crippen molar-refractivity contribution in [2.75, 3.05) is 49.1 Å². The minimum absolute atomic E-state index is 0.0653. The van der Waals surface area contributed by atoms with Crippen molar-refractivity contribution in [3.63, 3.8) is 0 Å². The van der Waals surface area contributed by atoms with Gasteiger partial charge in [-0.3, -0.25) is 18.8 Å². The van der Waals surface area contributed by atoms with Crippen LogP contribution in [0.4, 0.5) is 5.82 Å². The van der Waals surface area contributed by atoms with Crippen LogP contribution in [-0.2, 0) is 13.0 Å². The van der Waals surface area contributed by atoms with E-state index in [0.717, 1.165) is 64.3 Å². The smallest absolute Gasteiger partial charge is 0.255 e. The number of fused-ring (bicyclic) bond motifs is 1. The number of amides is 1. The van der Waals surface area contributed by atoms with E-state index in [0.29, 0.717) is 23.1 Å². The number of hydrogen-bond acceptors (Lipinski definition) is 6. The van der Waals surface area contributed by atoms with Crippen molar-refractivity contribution in [1.29, 1.82) is 0 Å². The molecular weight excluding hydrogens is 436 g/mol. The fourth-order valence-electron chi connectivity index (χ4n) is 6.19. The molecule has 2 aromatic rings. The second kappa shape index (κ2) is 7.98. The summed E-state index contributed by atoms with van der Waals surface area (Å²) in [6.45, 7) is 5.36. The number of rotatable bonds is 3. The lowest BCUT2D eigenvalue weighted by Gasteiger charge is -2.64. The largest absolute Gasteiger partial charge is 0.355 e. The first-order valence-electron chi connectivity index (χ1n) is 11.9. The Morgan fingerprint density at radius 3 is 2.39 bits per heavy atom. The van der Waals surface area contributed by atoms with Gasteiger partial charge in [0.25, 0.3) is 5.91 Å². The first-order chi connectivity index (χ1) is 15.9. The van der Waals surface area contributed by atoms with Crippen molar-refractivity contribution in [2.24, 2.45) is 5.41 Å². The molecule has 0 radical (unpaired) electrons. The summed E-state index contributed by atoms with van der Waals surface area (Å²) in [5.41, 5.74) is 3.65. The molecule has 1 aromatic heterocycles. The predicted octanol–water partition coefficient (Wildman–Crippen LogP) is 3.32. The summed E-state index contributed by atoms with van der Waals surface area (Å²) in [5.74, 6) is 1.98. The SMILES string of the molecule is O=C(c1ccc(N2CC3(C2)CS(O)(O)C3)nc1)N1CCC(N2CCc3ccccc3C2)CC1. The van der Waals surface area contributed by atoms with Gasteiger partial charge in [0.2, 0.25) is 0 Å². The normalized spacial score (nSPS) is 25.2. The van der Waals surface area contributed by atoms with Crippen LogP contribution >= 0.6 is 10.6 Å². The van der Waals surface area contributed by atoms with E-state index in [1.807, 2.05) is 17.0 Å². The van der Waals surface area contributed by atoms with Gasteiger partial charge in [-0.25, -0.2) is 4.98 Å². The summed E-state index contributed by atoms with van der Waals surface area (Å²) in [6, 6.07) is 13.1. The molecule has 0 unspecified atom stereocenters. The average molecular weight is 469 g/mol. The van der Waals surface area contributed by atoms with E-state index in [1.165, 1.54) is 11.1 Å². The third-order valence-electron chi connectivity index (χ3n) is 7.87. The molecular formula is C25H32N4O3S. The molecule has 0 aliphatic carbocycles. The Morgan fingerprint density at radius 1 is 1.00 bits per heavy atom. The minimum Gasteiger partial charge on any atom is -0.355 e. The number of benzene rings is 1. The molecule has 176 valence electrons. The number of hydrogen-bond donors (Lipinski definition) is 2. The molecule has 3 saturated heterocycles. The maximum atomic E-state index is 13.0. The molecule has 3 fully saturated rings. The van der Waals surface area contributed by atoms with E-state index in [2.05, 4.69) is 39.0 Å². The molecule has 6 rings (SSSR count). The van der Waals surface area contributed by atoms with E-state index in [-0.39, 0.29) is 11.3 Å². The van der Waals surface area contributed by atoms with Gasteiger partial charge in [0.1, 0.15) is 5.82 Å². The lowest BCUT2D eigenvalue weighted by atomic mass is 9.83. The van der Waals surface area contributed by atoms with Gasteiger partial charge in [0, 0.05) is 68.4 Å². The van der Waals surface area contributed by atoms with Gasteiger partial charge in [0.05, 0.1) is 5.56 Å². The zero-order valence-corrected chi connectivity index (χ0v) is 19.7. The quantitative estimate of drug-likeness (QED) is 0.720. The number of carbonyl (C=O) groups excluding carboxylic acids is 1. The van der Waals surface area contributed by atoms with Crippen LogP contribution in [0.1, 0.15) is 34.3 Å². The van der Waals surface area contributed by atoms with Crippen LogP contribution in [0, 0.1) is 5.41 Å². The van der Waals surface area contributed by atoms with Gasteiger partial charge in [-0.2, -0.15) is 10.6 Å². The summed E-state index contributed by atoms with van der Waals surface area (Å²) in [5, 5.41) is 0. The maximum absolute atomic E-state index is 13.0. The number of anilines is 1. The van der Waals surface area contributed by atoms with E-state index >= 15 is 0 Å². The molecule has 1 aromatic carbocycles. The summed E-state index contributed by atoms with van der Waals surface area (Å²) in [7, 11) is -2.31. The standard InChI is InChI=1S/C25H32N4O3S/c30-24(20-5-6-23(26-13-20)29-15-25(16-29)17-33(31,32)18-25)27-11-8-22(9-12-27)28-10-7-19-3-1-2-4-21(19)14-28/h1-6,13,22,31-32H,7-12,14-18H2. The predicted molar refractivity (Wildman–Crippen MR) is 131 cm³/mol. The zero-order chi connectivity index (χ0) is 22.6. The van der Waals surface area contributed by atoms with E-state index < -0.39 is 10.6 Å². The molecule has 0 bridgehead atoms. The van der Waals surface area contributed by atoms with Crippen molar-refractivity contribution >= 4 is 22.3 Å². The highest BCUT2D eigenvalue weighted by Gasteiger charge is 2.56. The molecule has 7 nitrogen and oxygen atoms in total. The molecule has 33 heavy (non-hydrogen) atoms. The van der Waals surface area contributed by atoms with Crippen LogP contribution < -0.4 is 4.90 Å². The molecule has 5 heterocycles. The Morgan fingerprint density at radius 2 is 1.73 bits per heavy atom. The van der Waals surface area contributed by atoms with Gasteiger partial charge in [0.15, 0.2) is 0 Å². The Balaban J connectivity index is 1.01. The van der Waals surface area contributed by atoms with Crippen molar-refractivity contribution in [1.82, 2.24) is 14.8 Å². The fourth-order valence-corrected chi connectivity index (χ4v) is 8.43. The number of carbonyl (C=O) groups is 1. The highest BCUT2D eigenvalue weighted by Crippen LogP contribution is 2.62. The van der Waals surface area contributed by atoms with Crippen LogP contribution in [-0.4, -0.2) is 80.1 Å². The lowest BCUT2D eigenvalue weighted by Crippen LogP contribution is -2.67. The minimum atomic E-state index is -2.31. The van der Waals surface area contributed by atoms with Gasteiger partial charge in [-0.1, -0.05) is 24.3 Å². The fraction of sp³-hybridized carbons (Fsp3) is 0.520. The van der Waals surface area contributed by atoms with Crippen LogP contribution in [0.5, 0.6) is 0 Å². The van der Waals surface area contributed by atoms with Gasteiger partial charge < -0.3 is 9.80 Å². The number of piperidine rings is 1. The van der Waals surface area contributed by atoms with Gasteiger partial charge in [-0.05, 0) is 42.5 Å². The molecule has 4 aliphatic heterocycles. The second-order valence-electron chi connectivity index (χ2n) is 10.4. The Kier molecular flexibility index (Phi) is 5.17. The van der Waals surface area contributed by atoms with E-state index in [9.17, 15) is 13.9 Å². The first-order valence-corrected chi connectivity index (χ1v) is 13.8. The van der Waals surface area contributed by atoms with E-state index in [4.69, 9.17) is 0 Å². The topological polar surface area (TPSA) is 80.1 Å². The molecule has 4 aliphatic rings. The summed E-state index contributed by atoms with van der Waals surface area (Å²) in [4.78, 5) is 24.3. The van der Waals surface area contributed by atoms with Crippen LogP contribution in [0.25, 0.3) is 0 Å². The molecule has 1 amide bonds. The molecule has 1 spiro atoms. The maximum Gasteiger partial charge on any atom is 0.255 e. The zero-order valence-electron chi connectivity index (χ0n) is 18.9. The molecule has 2 N–H and O–H groups in total. The molecule has 0 atom stereocenters. The first kappa shape index (κ1) is 21.4. The highest BCUT2D eigenvalue weighted by molar-refractivity contribution is 8.25. The average Bonchev–Trinajstić information content (AvgIpc) is 2.80. The van der Waals surface area contributed by atoms with Crippen molar-refractivity contribution in [2.45, 2.75) is 31.8 Å². The van der Waals surface area contributed by atoms with Crippen molar-refractivity contribution in [3.8, 4) is 0 Å². The third-order valence-corrected chi connectivity index (χ3v) is 10.0. The van der Waals surface area contributed by atoms with Crippen molar-refractivity contribution < 1.29 is 13.9 Å². The van der Waals surface area contributed by atoms with Crippen LogP contribution in [0.3, 0.4) is 0 Å². The van der Waals surface area contributed by atoms with Crippen molar-refractivity contribution in [3.05, 3.63) is 59.3 Å². The lowest BCUT2D eigenvalue weighted by molar-refractivity contribution is 0.0599. The molecule has 8 heteroatoms. The highest BCUT2D eigenvalue weighted by atomic mass is 32.3. The molecule has 0 saturated carbocycles. The summed E-state index contributed by atoms with van der Waals surface area (Å²) in [6.07, 6.45) is 4.86. The monoisotopic (exact) mass is 468 g/mol. The summed E-state index contributed by atoms with van der Waals surface area (Å²) < 4.78 is 19.4. The Labute approximate surface area is 196 Å². The van der Waals surface area contributed by atoms with Gasteiger partial charge >= 0.3 is 0 Å². The number of nitrogens with zero attached hydrogens (tertiary/aromatic N) is 4. The number of pyridine rings is 1. The van der Waals surface area contributed by atoms with Gasteiger partial charge in [-0.15, -0.1) is 0 Å². The number of likely N-dealkylation sites (tertiary alicyclic amines) is 1. The van der Waals surface area contributed by atoms with Crippen LogP contribution in [0.15, 0.2) is 42.6 Å². The van der Waals surface area contributed by atoms with E-state index in [1.54, 1.807) is 6.20 Å². The third kappa shape index (κ3) is 4.03.